The summed E-state index contributed by atoms with van der Waals surface area (Å²) >= 11 is 9.23. The second kappa shape index (κ2) is 6.67. The molecule has 0 atom stereocenters. The number of amides is 1. The van der Waals surface area contributed by atoms with Crippen LogP contribution in [0.1, 0.15) is 10.4 Å². The summed E-state index contributed by atoms with van der Waals surface area (Å²) in [6.45, 7) is 0. The smallest absolute Gasteiger partial charge is 0.258 e. The van der Waals surface area contributed by atoms with Crippen molar-refractivity contribution < 1.29 is 4.79 Å². The van der Waals surface area contributed by atoms with Crippen LogP contribution in [0, 0.1) is 3.57 Å². The van der Waals surface area contributed by atoms with Gasteiger partial charge in [-0.3, -0.25) is 15.1 Å². The highest BCUT2D eigenvalue weighted by Crippen LogP contribution is 2.25. The van der Waals surface area contributed by atoms with Gasteiger partial charge in [0.15, 0.2) is 5.01 Å². The van der Waals surface area contributed by atoms with Crippen LogP contribution < -0.4 is 5.32 Å². The summed E-state index contributed by atoms with van der Waals surface area (Å²) in [6.07, 6.45) is 1.69. The number of carbonyl (C=O) groups is 1. The van der Waals surface area contributed by atoms with Gasteiger partial charge >= 0.3 is 0 Å². The molecule has 0 fully saturated rings. The zero-order valence-corrected chi connectivity index (χ0v) is 14.7. The lowest BCUT2D eigenvalue weighted by Gasteiger charge is -2.04. The summed E-state index contributed by atoms with van der Waals surface area (Å²) in [5.41, 5.74) is 1.26. The Balaban J connectivity index is 1.79. The predicted molar refractivity (Wildman–Crippen MR) is 95.3 cm³/mol. The quantitative estimate of drug-likeness (QED) is 0.620. The number of hydrogen-bond acceptors (Lipinski definition) is 5. The number of rotatable bonds is 3. The van der Waals surface area contributed by atoms with E-state index in [1.807, 2.05) is 18.2 Å². The normalized spacial score (nSPS) is 10.5. The molecule has 2 aromatic heterocycles. The van der Waals surface area contributed by atoms with E-state index in [9.17, 15) is 4.79 Å². The minimum absolute atomic E-state index is 0.246. The van der Waals surface area contributed by atoms with E-state index in [0.717, 1.165) is 9.26 Å². The summed E-state index contributed by atoms with van der Waals surface area (Å²) in [5.74, 6) is -0.246. The van der Waals surface area contributed by atoms with E-state index in [0.29, 0.717) is 20.7 Å². The molecular weight excluding hydrogens is 435 g/mol. The molecule has 0 spiro atoms. The second-order valence-corrected chi connectivity index (χ2v) is 6.78. The Hall–Kier alpha value is -1.58. The molecule has 1 aromatic carbocycles. The minimum atomic E-state index is -0.246. The van der Waals surface area contributed by atoms with E-state index in [4.69, 9.17) is 11.6 Å². The van der Waals surface area contributed by atoms with E-state index in [1.54, 1.807) is 24.4 Å². The number of hydrogen-bond donors (Lipinski definition) is 1. The van der Waals surface area contributed by atoms with Crippen molar-refractivity contribution in [2.24, 2.45) is 0 Å². The Kier molecular flexibility index (Phi) is 4.65. The van der Waals surface area contributed by atoms with Crippen LogP contribution in [0.5, 0.6) is 0 Å². The third-order valence-corrected chi connectivity index (χ3v) is 4.69. The first-order chi connectivity index (χ1) is 10.6. The summed E-state index contributed by atoms with van der Waals surface area (Å²) in [4.78, 5) is 16.5. The molecule has 1 amide bonds. The molecule has 8 heteroatoms. The van der Waals surface area contributed by atoms with Crippen LogP contribution in [0.25, 0.3) is 10.7 Å². The van der Waals surface area contributed by atoms with Crippen LogP contribution in [0.3, 0.4) is 0 Å². The first-order valence-corrected chi connectivity index (χ1v) is 8.42. The van der Waals surface area contributed by atoms with Gasteiger partial charge < -0.3 is 0 Å². The lowest BCUT2D eigenvalue weighted by atomic mass is 10.2. The fraction of sp³-hybridized carbons (Fsp3) is 0. The van der Waals surface area contributed by atoms with Gasteiger partial charge in [0.05, 0.1) is 5.56 Å². The number of carbonyl (C=O) groups excluding carboxylic acids is 1. The summed E-state index contributed by atoms with van der Waals surface area (Å²) in [6, 6.07) is 10.6. The molecule has 5 nitrogen and oxygen atoms in total. The van der Waals surface area contributed by atoms with Crippen molar-refractivity contribution in [1.29, 1.82) is 0 Å². The molecule has 0 radical (unpaired) electrons. The zero-order valence-electron chi connectivity index (χ0n) is 11.0. The number of anilines is 1. The predicted octanol–water partition coefficient (Wildman–Crippen LogP) is 4.11. The van der Waals surface area contributed by atoms with Crippen molar-refractivity contribution in [3.8, 4) is 10.7 Å². The molecule has 2 heterocycles. The molecule has 1 N–H and O–H groups in total. The number of halogens is 2. The van der Waals surface area contributed by atoms with Crippen molar-refractivity contribution in [2.75, 3.05) is 5.32 Å². The molecule has 0 saturated heterocycles. The largest absolute Gasteiger partial charge is 0.296 e. The zero-order chi connectivity index (χ0) is 15.5. The first kappa shape index (κ1) is 15.3. The minimum Gasteiger partial charge on any atom is -0.296 e. The molecule has 0 aliphatic rings. The van der Waals surface area contributed by atoms with Gasteiger partial charge in [-0.15, -0.1) is 10.2 Å². The van der Waals surface area contributed by atoms with Crippen molar-refractivity contribution in [3.05, 3.63) is 56.8 Å². The Bertz CT molecular complexity index is 825. The van der Waals surface area contributed by atoms with Gasteiger partial charge in [-0.25, -0.2) is 0 Å². The summed E-state index contributed by atoms with van der Waals surface area (Å²) < 4.78 is 0.775. The molecule has 110 valence electrons. The number of benzene rings is 1. The maximum Gasteiger partial charge on any atom is 0.258 e. The van der Waals surface area contributed by atoms with Crippen LogP contribution >= 0.6 is 45.5 Å². The van der Waals surface area contributed by atoms with Crippen molar-refractivity contribution in [2.45, 2.75) is 0 Å². The second-order valence-electron chi connectivity index (χ2n) is 4.21. The van der Waals surface area contributed by atoms with Gasteiger partial charge in [0.1, 0.15) is 5.69 Å². The van der Waals surface area contributed by atoms with Crippen LogP contribution in [0.4, 0.5) is 5.13 Å². The maximum absolute atomic E-state index is 12.3. The lowest BCUT2D eigenvalue weighted by molar-refractivity contribution is 0.102. The van der Waals surface area contributed by atoms with Gasteiger partial charge in [-0.1, -0.05) is 29.0 Å². The Morgan fingerprint density at radius 3 is 2.82 bits per heavy atom. The lowest BCUT2D eigenvalue weighted by Crippen LogP contribution is -2.13. The van der Waals surface area contributed by atoms with E-state index in [1.165, 1.54) is 11.3 Å². The van der Waals surface area contributed by atoms with Crippen LogP contribution in [0.2, 0.25) is 5.02 Å². The number of pyridine rings is 1. The van der Waals surface area contributed by atoms with Gasteiger partial charge in [0.2, 0.25) is 5.13 Å². The van der Waals surface area contributed by atoms with Gasteiger partial charge in [-0.05, 0) is 52.9 Å². The van der Waals surface area contributed by atoms with Crippen molar-refractivity contribution >= 4 is 56.6 Å². The topological polar surface area (TPSA) is 67.8 Å². The van der Waals surface area contributed by atoms with Crippen molar-refractivity contribution in [1.82, 2.24) is 15.2 Å². The fourth-order valence-electron chi connectivity index (χ4n) is 1.70. The van der Waals surface area contributed by atoms with E-state index < -0.39 is 0 Å². The molecule has 0 aliphatic carbocycles. The van der Waals surface area contributed by atoms with Crippen LogP contribution in [-0.4, -0.2) is 21.1 Å². The molecule has 0 aliphatic heterocycles. The standard InChI is InChI=1S/C14H8ClIN4OS/c15-8-4-5-9(10(16)7-8)12(21)18-14-20-19-13(22-14)11-3-1-2-6-17-11/h1-7H,(H,18,20,21). The monoisotopic (exact) mass is 442 g/mol. The molecular formula is C14H8ClIN4OS. The Morgan fingerprint density at radius 2 is 2.09 bits per heavy atom. The van der Waals surface area contributed by atoms with Gasteiger partial charge in [-0.2, -0.15) is 0 Å². The van der Waals surface area contributed by atoms with Gasteiger partial charge in [0, 0.05) is 14.8 Å². The third kappa shape index (κ3) is 3.42. The summed E-state index contributed by atoms with van der Waals surface area (Å²) in [5, 5.41) is 12.4. The SMILES string of the molecule is O=C(Nc1nnc(-c2ccccn2)s1)c1ccc(Cl)cc1I. The van der Waals surface area contributed by atoms with E-state index in [2.05, 4.69) is 43.1 Å². The van der Waals surface area contributed by atoms with Crippen molar-refractivity contribution in [3.63, 3.8) is 0 Å². The average molecular weight is 443 g/mol. The first-order valence-electron chi connectivity index (χ1n) is 6.15. The molecule has 22 heavy (non-hydrogen) atoms. The molecule has 0 bridgehead atoms. The molecule has 0 unspecified atom stereocenters. The number of nitrogens with one attached hydrogen (secondary N) is 1. The van der Waals surface area contributed by atoms with Crippen LogP contribution in [0.15, 0.2) is 42.6 Å². The van der Waals surface area contributed by atoms with Gasteiger partial charge in [0.25, 0.3) is 5.91 Å². The highest BCUT2D eigenvalue weighted by molar-refractivity contribution is 14.1. The number of aromatic nitrogens is 3. The maximum atomic E-state index is 12.3. The molecule has 3 aromatic rings. The molecule has 3 rings (SSSR count). The fourth-order valence-corrected chi connectivity index (χ4v) is 3.54. The van der Waals surface area contributed by atoms with E-state index >= 15 is 0 Å². The number of nitrogens with zero attached hydrogens (tertiary/aromatic N) is 3. The molecule has 0 saturated carbocycles. The highest BCUT2D eigenvalue weighted by atomic mass is 127. The highest BCUT2D eigenvalue weighted by Gasteiger charge is 2.14. The third-order valence-electron chi connectivity index (χ3n) is 2.71. The van der Waals surface area contributed by atoms with Crippen LogP contribution in [-0.2, 0) is 0 Å². The average Bonchev–Trinajstić information content (AvgIpc) is 2.96. The Morgan fingerprint density at radius 1 is 1.23 bits per heavy atom. The summed E-state index contributed by atoms with van der Waals surface area (Å²) in [7, 11) is 0. The Labute approximate surface area is 148 Å². The van der Waals surface area contributed by atoms with E-state index in [-0.39, 0.29) is 5.91 Å².